The van der Waals surface area contributed by atoms with Crippen LogP contribution >= 0.6 is 12.6 Å². The second-order valence-corrected chi connectivity index (χ2v) is 9.19. The molecule has 5 unspecified atom stereocenters. The summed E-state index contributed by atoms with van der Waals surface area (Å²) in [5, 5.41) is 27.5. The number of rotatable bonds is 13. The maximum atomic E-state index is 13.2. The summed E-state index contributed by atoms with van der Waals surface area (Å²) >= 11 is 3.89. The van der Waals surface area contributed by atoms with Crippen LogP contribution in [0.1, 0.15) is 18.2 Å². The zero-order chi connectivity index (χ0) is 27.8. The van der Waals surface area contributed by atoms with Gasteiger partial charge in [0.2, 0.25) is 17.7 Å². The number of carboxylic acids is 1. The standard InChI is InChI=1S/C24H31N7O6S/c1-12(32)20(23(35)30-19(10-38)24(36)37)31-22(34)18(7-14-9-26-11-28-14)29-21(33)16(25)6-13-8-27-17-5-3-2-4-15(13)17/h2-5,8-9,11-12,16,18-20,27,32,38H,6-7,10,25H2,1H3,(H,26,28)(H,29,33)(H,30,35)(H,31,34)(H,36,37). The van der Waals surface area contributed by atoms with Gasteiger partial charge in [0.1, 0.15) is 18.1 Å². The van der Waals surface area contributed by atoms with Crippen molar-refractivity contribution in [2.75, 3.05) is 5.75 Å². The number of hydrogen-bond acceptors (Lipinski definition) is 8. The number of hydrogen-bond donors (Lipinski definition) is 9. The Morgan fingerprint density at radius 1 is 1.03 bits per heavy atom. The van der Waals surface area contributed by atoms with Gasteiger partial charge in [0, 0.05) is 41.2 Å². The van der Waals surface area contributed by atoms with Crippen molar-refractivity contribution in [3.63, 3.8) is 0 Å². The van der Waals surface area contributed by atoms with Gasteiger partial charge in [-0.3, -0.25) is 14.4 Å². The Bertz CT molecular complexity index is 1260. The first-order valence-electron chi connectivity index (χ1n) is 11.8. The summed E-state index contributed by atoms with van der Waals surface area (Å²) in [6.45, 7) is 1.26. The summed E-state index contributed by atoms with van der Waals surface area (Å²) in [6, 6.07) is 2.56. The van der Waals surface area contributed by atoms with Crippen molar-refractivity contribution >= 4 is 47.2 Å². The lowest BCUT2D eigenvalue weighted by Crippen LogP contribution is -2.60. The number of aromatic nitrogens is 3. The van der Waals surface area contributed by atoms with E-state index in [0.717, 1.165) is 16.5 Å². The maximum Gasteiger partial charge on any atom is 0.327 e. The minimum atomic E-state index is -1.50. The van der Waals surface area contributed by atoms with Crippen LogP contribution in [-0.2, 0) is 32.0 Å². The van der Waals surface area contributed by atoms with Crippen molar-refractivity contribution < 1.29 is 29.4 Å². The van der Waals surface area contributed by atoms with Crippen molar-refractivity contribution in [2.45, 2.75) is 50.0 Å². The van der Waals surface area contributed by atoms with E-state index >= 15 is 0 Å². The Morgan fingerprint density at radius 3 is 2.37 bits per heavy atom. The molecule has 0 aliphatic heterocycles. The van der Waals surface area contributed by atoms with Crippen LogP contribution in [0, 0.1) is 0 Å². The van der Waals surface area contributed by atoms with Crippen LogP contribution in [0.3, 0.4) is 0 Å². The number of aliphatic hydroxyl groups excluding tert-OH is 1. The zero-order valence-electron chi connectivity index (χ0n) is 20.5. The second-order valence-electron chi connectivity index (χ2n) is 8.82. The molecule has 3 rings (SSSR count). The van der Waals surface area contributed by atoms with Gasteiger partial charge in [-0.2, -0.15) is 12.6 Å². The monoisotopic (exact) mass is 545 g/mol. The van der Waals surface area contributed by atoms with Gasteiger partial charge >= 0.3 is 5.97 Å². The Labute approximate surface area is 223 Å². The van der Waals surface area contributed by atoms with E-state index in [1.807, 2.05) is 24.3 Å². The van der Waals surface area contributed by atoms with Crippen molar-refractivity contribution in [2.24, 2.45) is 5.73 Å². The number of aliphatic hydroxyl groups is 1. The molecule has 0 saturated carbocycles. The Morgan fingerprint density at radius 2 is 1.74 bits per heavy atom. The normalized spacial score (nSPS) is 15.2. The Hall–Kier alpha value is -3.88. The molecule has 13 nitrogen and oxygen atoms in total. The molecule has 0 bridgehead atoms. The van der Waals surface area contributed by atoms with Gasteiger partial charge < -0.3 is 41.9 Å². The number of H-pyrrole nitrogens is 2. The number of carbonyl (C=O) groups is 4. The first-order chi connectivity index (χ1) is 18.1. The molecule has 0 aliphatic carbocycles. The van der Waals surface area contributed by atoms with Gasteiger partial charge in [0.15, 0.2) is 0 Å². The predicted molar refractivity (Wildman–Crippen MR) is 141 cm³/mol. The smallest absolute Gasteiger partial charge is 0.327 e. The molecule has 2 heterocycles. The lowest BCUT2D eigenvalue weighted by atomic mass is 10.0. The van der Waals surface area contributed by atoms with Gasteiger partial charge in [-0.15, -0.1) is 0 Å². The highest BCUT2D eigenvalue weighted by atomic mass is 32.1. The summed E-state index contributed by atoms with van der Waals surface area (Å²) < 4.78 is 0. The zero-order valence-corrected chi connectivity index (χ0v) is 21.4. The van der Waals surface area contributed by atoms with Gasteiger partial charge in [-0.1, -0.05) is 18.2 Å². The third kappa shape index (κ3) is 7.34. The average molecular weight is 546 g/mol. The molecule has 3 amide bonds. The molecule has 0 fully saturated rings. The molecule has 3 aromatic rings. The summed E-state index contributed by atoms with van der Waals surface area (Å²) in [7, 11) is 0. The van der Waals surface area contributed by atoms with E-state index in [-0.39, 0.29) is 18.6 Å². The highest BCUT2D eigenvalue weighted by Gasteiger charge is 2.33. The maximum absolute atomic E-state index is 13.2. The summed E-state index contributed by atoms with van der Waals surface area (Å²) in [4.78, 5) is 60.0. The molecule has 38 heavy (non-hydrogen) atoms. The lowest BCUT2D eigenvalue weighted by molar-refractivity contribution is -0.142. The van der Waals surface area contributed by atoms with Crippen LogP contribution in [0.5, 0.6) is 0 Å². The summed E-state index contributed by atoms with van der Waals surface area (Å²) in [6.07, 6.45) is 3.47. The fraction of sp³-hybridized carbons (Fsp3) is 0.375. The molecular weight excluding hydrogens is 514 g/mol. The van der Waals surface area contributed by atoms with Crippen LogP contribution in [0.4, 0.5) is 0 Å². The van der Waals surface area contributed by atoms with Crippen LogP contribution in [-0.4, -0.2) is 84.9 Å². The van der Waals surface area contributed by atoms with E-state index < -0.39 is 54.0 Å². The SMILES string of the molecule is CC(O)C(NC(=O)C(Cc1cnc[nH]1)NC(=O)C(N)Cc1c[nH]c2ccccc12)C(=O)NC(CS)C(=O)O. The van der Waals surface area contributed by atoms with Crippen molar-refractivity contribution in [1.82, 2.24) is 30.9 Å². The first-order valence-corrected chi connectivity index (χ1v) is 12.4. The molecule has 5 atom stereocenters. The summed E-state index contributed by atoms with van der Waals surface area (Å²) in [5.74, 6) is -3.83. The number of fused-ring (bicyclic) bond motifs is 1. The molecule has 0 radical (unpaired) electrons. The first kappa shape index (κ1) is 28.7. The predicted octanol–water partition coefficient (Wildman–Crippen LogP) is -1.15. The van der Waals surface area contributed by atoms with Gasteiger partial charge in [0.05, 0.1) is 18.5 Å². The topological polar surface area (TPSA) is 215 Å². The third-order valence-corrected chi connectivity index (χ3v) is 6.29. The van der Waals surface area contributed by atoms with E-state index in [0.29, 0.717) is 5.69 Å². The number of nitrogens with zero attached hydrogens (tertiary/aromatic N) is 1. The molecule has 0 spiro atoms. The Balaban J connectivity index is 1.73. The third-order valence-electron chi connectivity index (χ3n) is 5.92. The van der Waals surface area contributed by atoms with Crippen molar-refractivity contribution in [3.8, 4) is 0 Å². The van der Waals surface area contributed by atoms with E-state index in [9.17, 15) is 29.4 Å². The second kappa shape index (κ2) is 13.1. The van der Waals surface area contributed by atoms with Gasteiger partial charge in [0.25, 0.3) is 0 Å². The van der Waals surface area contributed by atoms with Gasteiger partial charge in [-0.05, 0) is 25.0 Å². The molecule has 14 heteroatoms. The van der Waals surface area contributed by atoms with E-state index in [4.69, 9.17) is 5.73 Å². The number of thiol groups is 1. The molecule has 9 N–H and O–H groups in total. The number of aliphatic carboxylic acids is 1. The molecule has 204 valence electrons. The fourth-order valence-electron chi connectivity index (χ4n) is 3.84. The van der Waals surface area contributed by atoms with Crippen molar-refractivity contribution in [3.05, 3.63) is 54.2 Å². The number of para-hydroxylation sites is 1. The quantitative estimate of drug-likeness (QED) is 0.119. The minimum Gasteiger partial charge on any atom is -0.480 e. The van der Waals surface area contributed by atoms with E-state index in [1.165, 1.54) is 19.4 Å². The molecule has 0 saturated heterocycles. The van der Waals surface area contributed by atoms with E-state index in [2.05, 4.69) is 43.5 Å². The largest absolute Gasteiger partial charge is 0.480 e. The highest BCUT2D eigenvalue weighted by molar-refractivity contribution is 7.80. The number of nitrogens with two attached hydrogens (primary N) is 1. The molecular formula is C24H31N7O6S. The lowest BCUT2D eigenvalue weighted by Gasteiger charge is -2.26. The molecule has 2 aromatic heterocycles. The fourth-order valence-corrected chi connectivity index (χ4v) is 4.09. The number of imidazole rings is 1. The van der Waals surface area contributed by atoms with Crippen LogP contribution in [0.15, 0.2) is 43.0 Å². The van der Waals surface area contributed by atoms with Crippen LogP contribution in [0.2, 0.25) is 0 Å². The Kier molecular flexibility index (Phi) is 9.87. The summed E-state index contributed by atoms with van der Waals surface area (Å²) in [5.41, 5.74) is 8.43. The van der Waals surface area contributed by atoms with Gasteiger partial charge in [-0.25, -0.2) is 9.78 Å². The molecule has 1 aromatic carbocycles. The number of benzene rings is 1. The number of aromatic amines is 2. The average Bonchev–Trinajstić information content (AvgIpc) is 3.54. The number of amides is 3. The minimum absolute atomic E-state index is 0.0140. The number of nitrogens with one attached hydrogen (secondary N) is 5. The van der Waals surface area contributed by atoms with E-state index in [1.54, 1.807) is 6.20 Å². The van der Waals surface area contributed by atoms with Crippen LogP contribution < -0.4 is 21.7 Å². The van der Waals surface area contributed by atoms with Crippen molar-refractivity contribution in [1.29, 1.82) is 0 Å². The number of carboxylic acid groups (broad SMARTS) is 1. The molecule has 0 aliphatic rings. The van der Waals surface area contributed by atoms with Crippen LogP contribution in [0.25, 0.3) is 10.9 Å². The number of carbonyl (C=O) groups excluding carboxylic acids is 3. The highest BCUT2D eigenvalue weighted by Crippen LogP contribution is 2.18.